The van der Waals surface area contributed by atoms with Crippen LogP contribution in [0, 0.1) is 5.92 Å². The number of nitrogens with one attached hydrogen (secondary N) is 1. The van der Waals surface area contributed by atoms with Crippen LogP contribution in [-0.4, -0.2) is 47.2 Å². The van der Waals surface area contributed by atoms with Gasteiger partial charge in [0.1, 0.15) is 5.69 Å². The summed E-state index contributed by atoms with van der Waals surface area (Å²) < 4.78 is 8.01. The van der Waals surface area contributed by atoms with E-state index in [2.05, 4.69) is 27.0 Å². The quantitative estimate of drug-likeness (QED) is 0.903. The van der Waals surface area contributed by atoms with E-state index in [4.69, 9.17) is 4.74 Å². The largest absolute Gasteiger partial charge is 0.371 e. The van der Waals surface area contributed by atoms with Crippen molar-refractivity contribution in [2.75, 3.05) is 19.6 Å². The molecule has 4 heterocycles. The molecule has 0 bridgehead atoms. The lowest BCUT2D eigenvalue weighted by Crippen LogP contribution is -2.34. The van der Waals surface area contributed by atoms with Gasteiger partial charge in [0.05, 0.1) is 12.2 Å². The molecule has 0 unspecified atom stereocenters. The van der Waals surface area contributed by atoms with Crippen LogP contribution in [-0.2, 0) is 18.3 Å². The van der Waals surface area contributed by atoms with Gasteiger partial charge in [-0.15, -0.1) is 0 Å². The monoisotopic (exact) mass is 345 g/mol. The van der Waals surface area contributed by atoms with E-state index in [1.54, 1.807) is 11.3 Å². The van der Waals surface area contributed by atoms with Crippen molar-refractivity contribution in [3.8, 4) is 0 Å². The summed E-state index contributed by atoms with van der Waals surface area (Å²) in [4.78, 5) is 14.6. The van der Waals surface area contributed by atoms with E-state index < -0.39 is 0 Å². The minimum atomic E-state index is -0.0257. The Bertz CT molecular complexity index is 683. The van der Waals surface area contributed by atoms with Crippen LogP contribution in [0.25, 0.3) is 0 Å². The van der Waals surface area contributed by atoms with Gasteiger partial charge in [0.25, 0.3) is 5.91 Å². The highest BCUT2D eigenvalue weighted by Crippen LogP contribution is 2.33. The summed E-state index contributed by atoms with van der Waals surface area (Å²) >= 11 is 1.75. The third kappa shape index (κ3) is 3.27. The van der Waals surface area contributed by atoms with Crippen LogP contribution in [0.5, 0.6) is 0 Å². The molecule has 0 radical (unpaired) electrons. The van der Waals surface area contributed by atoms with E-state index in [0.29, 0.717) is 24.3 Å². The molecule has 128 valence electrons. The Balaban J connectivity index is 1.24. The van der Waals surface area contributed by atoms with Gasteiger partial charge in [-0.1, -0.05) is 0 Å². The van der Waals surface area contributed by atoms with Gasteiger partial charge in [-0.2, -0.15) is 11.3 Å². The van der Waals surface area contributed by atoms with Crippen LogP contribution in [0.4, 0.5) is 0 Å². The van der Waals surface area contributed by atoms with E-state index >= 15 is 0 Å². The fourth-order valence-corrected chi connectivity index (χ4v) is 4.50. The molecule has 24 heavy (non-hydrogen) atoms. The maximum Gasteiger partial charge on any atom is 0.267 e. The number of carbonyl (C=O) groups excluding carboxylic acids is 1. The van der Waals surface area contributed by atoms with Gasteiger partial charge in [-0.25, -0.2) is 0 Å². The minimum Gasteiger partial charge on any atom is -0.371 e. The number of aromatic nitrogens is 1. The summed E-state index contributed by atoms with van der Waals surface area (Å²) in [6.45, 7) is 3.72. The second kappa shape index (κ2) is 6.70. The van der Waals surface area contributed by atoms with Gasteiger partial charge in [0.2, 0.25) is 0 Å². The summed E-state index contributed by atoms with van der Waals surface area (Å²) in [6.07, 6.45) is 3.39. The van der Waals surface area contributed by atoms with Crippen molar-refractivity contribution in [1.29, 1.82) is 0 Å². The van der Waals surface area contributed by atoms with Crippen LogP contribution >= 0.6 is 11.3 Å². The molecule has 3 atom stereocenters. The highest BCUT2D eigenvalue weighted by Gasteiger charge is 2.41. The van der Waals surface area contributed by atoms with E-state index in [1.807, 2.05) is 29.9 Å². The molecule has 2 aliphatic rings. The minimum absolute atomic E-state index is 0.0257. The highest BCUT2D eigenvalue weighted by atomic mass is 32.1. The van der Waals surface area contributed by atoms with Crippen molar-refractivity contribution < 1.29 is 9.53 Å². The number of hydrogen-bond acceptors (Lipinski definition) is 4. The molecule has 2 aliphatic heterocycles. The molecule has 0 aromatic carbocycles. The summed E-state index contributed by atoms with van der Waals surface area (Å²) in [5, 5.41) is 7.36. The Hall–Kier alpha value is -1.63. The topological polar surface area (TPSA) is 46.5 Å². The predicted octanol–water partition coefficient (Wildman–Crippen LogP) is 2.11. The third-order valence-electron chi connectivity index (χ3n) is 5.04. The molecule has 0 saturated carbocycles. The lowest BCUT2D eigenvalue weighted by atomic mass is 10.0. The molecule has 2 aromatic rings. The molecule has 6 heteroatoms. The van der Waals surface area contributed by atoms with Gasteiger partial charge in [0, 0.05) is 45.3 Å². The zero-order valence-electron chi connectivity index (χ0n) is 13.9. The van der Waals surface area contributed by atoms with Crippen LogP contribution in [0.3, 0.4) is 0 Å². The molecule has 1 N–H and O–H groups in total. The summed E-state index contributed by atoms with van der Waals surface area (Å²) in [5.74, 6) is 0.572. The standard InChI is InChI=1S/C18H23N3O2S/c1-20-5-2-3-16(20)18(22)19-8-15-7-14-10-21(11-17(14)23-15)9-13-4-6-24-12-13/h2-6,12,14-15,17H,7-11H2,1H3,(H,19,22)/t14-,15-,17+/m1/s1. The van der Waals surface area contributed by atoms with Gasteiger partial charge < -0.3 is 14.6 Å². The number of nitrogens with zero attached hydrogens (tertiary/aromatic N) is 2. The van der Waals surface area contributed by atoms with E-state index in [-0.39, 0.29) is 12.0 Å². The number of aryl methyl sites for hydroxylation is 1. The third-order valence-corrected chi connectivity index (χ3v) is 5.77. The number of likely N-dealkylation sites (tertiary alicyclic amines) is 1. The van der Waals surface area contributed by atoms with Crippen LogP contribution in [0.1, 0.15) is 22.5 Å². The Morgan fingerprint density at radius 2 is 2.33 bits per heavy atom. The van der Waals surface area contributed by atoms with E-state index in [0.717, 1.165) is 26.1 Å². The maximum absolute atomic E-state index is 12.2. The van der Waals surface area contributed by atoms with E-state index in [1.165, 1.54) is 5.56 Å². The van der Waals surface area contributed by atoms with Gasteiger partial charge >= 0.3 is 0 Å². The van der Waals surface area contributed by atoms with Crippen molar-refractivity contribution in [3.63, 3.8) is 0 Å². The molecule has 2 aromatic heterocycles. The fraction of sp³-hybridized carbons (Fsp3) is 0.500. The molecular formula is C18H23N3O2S. The molecular weight excluding hydrogens is 322 g/mol. The number of amides is 1. The van der Waals surface area contributed by atoms with Crippen LogP contribution < -0.4 is 5.32 Å². The lowest BCUT2D eigenvalue weighted by molar-refractivity contribution is 0.0371. The molecule has 1 amide bonds. The molecule has 2 fully saturated rings. The first kappa shape index (κ1) is 15.9. The first-order chi connectivity index (χ1) is 11.7. The Labute approximate surface area is 146 Å². The first-order valence-corrected chi connectivity index (χ1v) is 9.42. The number of thiophene rings is 1. The average Bonchev–Trinajstić information content (AvgIpc) is 3.29. The number of fused-ring (bicyclic) bond motifs is 1. The van der Waals surface area contributed by atoms with Crippen molar-refractivity contribution in [1.82, 2.24) is 14.8 Å². The maximum atomic E-state index is 12.2. The van der Waals surface area contributed by atoms with Gasteiger partial charge in [-0.3, -0.25) is 9.69 Å². The SMILES string of the molecule is Cn1cccc1C(=O)NC[C@H]1C[C@@H]2CN(Cc3ccsc3)C[C@@H]2O1. The zero-order valence-corrected chi connectivity index (χ0v) is 14.7. The Morgan fingerprint density at radius 1 is 1.42 bits per heavy atom. The Kier molecular flexibility index (Phi) is 4.43. The Morgan fingerprint density at radius 3 is 3.04 bits per heavy atom. The fourth-order valence-electron chi connectivity index (χ4n) is 3.84. The van der Waals surface area contributed by atoms with Crippen LogP contribution in [0.15, 0.2) is 35.2 Å². The van der Waals surface area contributed by atoms with Crippen molar-refractivity contribution >= 4 is 17.2 Å². The molecule has 5 nitrogen and oxygen atoms in total. The number of ether oxygens (including phenoxy) is 1. The van der Waals surface area contributed by atoms with Crippen molar-refractivity contribution in [2.45, 2.75) is 25.2 Å². The zero-order chi connectivity index (χ0) is 16.5. The van der Waals surface area contributed by atoms with Crippen molar-refractivity contribution in [2.24, 2.45) is 13.0 Å². The first-order valence-electron chi connectivity index (χ1n) is 8.47. The molecule has 0 aliphatic carbocycles. The number of rotatable bonds is 5. The highest BCUT2D eigenvalue weighted by molar-refractivity contribution is 7.07. The van der Waals surface area contributed by atoms with E-state index in [9.17, 15) is 4.79 Å². The molecule has 2 saturated heterocycles. The van der Waals surface area contributed by atoms with Gasteiger partial charge in [-0.05, 0) is 40.9 Å². The summed E-state index contributed by atoms with van der Waals surface area (Å²) in [5.41, 5.74) is 2.08. The number of carbonyl (C=O) groups is 1. The normalized spacial score (nSPS) is 26.6. The summed E-state index contributed by atoms with van der Waals surface area (Å²) in [6, 6.07) is 5.91. The lowest BCUT2D eigenvalue weighted by Gasteiger charge is -2.19. The molecule has 4 rings (SSSR count). The second-order valence-corrected chi connectivity index (χ2v) is 7.61. The summed E-state index contributed by atoms with van der Waals surface area (Å²) in [7, 11) is 1.88. The van der Waals surface area contributed by atoms with Crippen molar-refractivity contribution in [3.05, 3.63) is 46.4 Å². The number of hydrogen-bond donors (Lipinski definition) is 1. The average molecular weight is 345 g/mol. The predicted molar refractivity (Wildman–Crippen MR) is 94.1 cm³/mol. The molecule has 0 spiro atoms. The smallest absolute Gasteiger partial charge is 0.267 e. The van der Waals surface area contributed by atoms with Gasteiger partial charge in [0.15, 0.2) is 0 Å². The second-order valence-electron chi connectivity index (χ2n) is 6.83. The van der Waals surface area contributed by atoms with Crippen LogP contribution in [0.2, 0.25) is 0 Å².